The lowest BCUT2D eigenvalue weighted by Crippen LogP contribution is -2.39. The van der Waals surface area contributed by atoms with E-state index in [0.717, 1.165) is 41.1 Å². The zero-order chi connectivity index (χ0) is 18.8. The number of hydrogen-bond acceptors (Lipinski definition) is 8. The number of morpholine rings is 1. The fourth-order valence-corrected chi connectivity index (χ4v) is 4.96. The Morgan fingerprint density at radius 3 is 2.70 bits per heavy atom. The smallest absolute Gasteiger partial charge is 0.357 e. The molecule has 7 nitrogen and oxygen atoms in total. The lowest BCUT2D eigenvalue weighted by atomic mass is 9.90. The minimum Gasteiger partial charge on any atom is -0.408 e. The number of nitrogens with zero attached hydrogens (tertiary/aromatic N) is 3. The van der Waals surface area contributed by atoms with E-state index in [1.807, 2.05) is 0 Å². The molecule has 0 unspecified atom stereocenters. The molecule has 8 heteroatoms. The first kappa shape index (κ1) is 17.1. The van der Waals surface area contributed by atoms with Gasteiger partial charge in [0.05, 0.1) is 25.4 Å². The summed E-state index contributed by atoms with van der Waals surface area (Å²) < 4.78 is 17.4. The average molecular weight is 387 g/mol. The van der Waals surface area contributed by atoms with Crippen LogP contribution in [0.25, 0.3) is 20.4 Å². The van der Waals surface area contributed by atoms with Gasteiger partial charge in [0, 0.05) is 37.4 Å². The average Bonchev–Trinajstić information content (AvgIpc) is 3.00. The minimum absolute atomic E-state index is 0.272. The molecule has 1 saturated heterocycles. The van der Waals surface area contributed by atoms with Crippen molar-refractivity contribution >= 4 is 37.6 Å². The van der Waals surface area contributed by atoms with E-state index in [9.17, 15) is 4.79 Å². The molecule has 0 aliphatic carbocycles. The molecule has 0 bridgehead atoms. The predicted molar refractivity (Wildman–Crippen MR) is 104 cm³/mol. The first-order valence-electron chi connectivity index (χ1n) is 9.15. The summed E-state index contributed by atoms with van der Waals surface area (Å²) in [6.07, 6.45) is 0.755. The summed E-state index contributed by atoms with van der Waals surface area (Å²) in [7, 11) is 0. The number of thiophene rings is 1. The summed E-state index contributed by atoms with van der Waals surface area (Å²) in [4.78, 5) is 25.0. The van der Waals surface area contributed by atoms with Gasteiger partial charge in [-0.1, -0.05) is 0 Å². The van der Waals surface area contributed by atoms with Crippen LogP contribution in [0.15, 0.2) is 9.21 Å². The van der Waals surface area contributed by atoms with Gasteiger partial charge in [-0.2, -0.15) is 0 Å². The van der Waals surface area contributed by atoms with Crippen LogP contribution in [0.1, 0.15) is 30.9 Å². The largest absolute Gasteiger partial charge is 0.408 e. The first-order valence-corrected chi connectivity index (χ1v) is 9.97. The van der Waals surface area contributed by atoms with Gasteiger partial charge in [-0.25, -0.2) is 14.8 Å². The number of aryl methyl sites for hydroxylation is 1. The van der Waals surface area contributed by atoms with E-state index >= 15 is 0 Å². The van der Waals surface area contributed by atoms with Crippen LogP contribution in [0.5, 0.6) is 0 Å². The fraction of sp³-hybridized carbons (Fsp3) is 0.526. The van der Waals surface area contributed by atoms with Crippen LogP contribution < -0.4 is 10.5 Å². The number of anilines is 1. The van der Waals surface area contributed by atoms with E-state index in [4.69, 9.17) is 18.9 Å². The fourth-order valence-electron chi connectivity index (χ4n) is 3.94. The molecule has 3 aromatic heterocycles. The van der Waals surface area contributed by atoms with E-state index < -0.39 is 0 Å². The third-order valence-corrected chi connectivity index (χ3v) is 6.28. The molecule has 0 amide bonds. The predicted octanol–water partition coefficient (Wildman–Crippen LogP) is 2.79. The van der Waals surface area contributed by atoms with Crippen molar-refractivity contribution in [2.45, 2.75) is 39.4 Å². The van der Waals surface area contributed by atoms with Crippen LogP contribution in [0.2, 0.25) is 0 Å². The van der Waals surface area contributed by atoms with Crippen molar-refractivity contribution in [2.24, 2.45) is 0 Å². The maximum Gasteiger partial charge on any atom is 0.357 e. The van der Waals surface area contributed by atoms with Gasteiger partial charge in [0.15, 0.2) is 5.89 Å². The molecule has 27 heavy (non-hydrogen) atoms. The Labute approximate surface area is 159 Å². The van der Waals surface area contributed by atoms with Crippen LogP contribution in [-0.2, 0) is 22.5 Å². The quantitative estimate of drug-likeness (QED) is 0.635. The van der Waals surface area contributed by atoms with Crippen LogP contribution in [0.4, 0.5) is 5.82 Å². The second kappa shape index (κ2) is 5.98. The van der Waals surface area contributed by atoms with Crippen molar-refractivity contribution in [1.29, 1.82) is 0 Å². The molecule has 0 spiro atoms. The SMILES string of the molecule is Cc1nc2c(sc3nc(N4CCOCC4)c4c(c32)CC(C)(C)OC4)c(=O)o1. The van der Waals surface area contributed by atoms with Crippen molar-refractivity contribution in [3.05, 3.63) is 27.4 Å². The van der Waals surface area contributed by atoms with Crippen molar-refractivity contribution < 1.29 is 13.9 Å². The summed E-state index contributed by atoms with van der Waals surface area (Å²) in [6, 6.07) is 0. The van der Waals surface area contributed by atoms with Gasteiger partial charge in [-0.15, -0.1) is 11.3 Å². The highest BCUT2D eigenvalue weighted by atomic mass is 32.1. The summed E-state index contributed by atoms with van der Waals surface area (Å²) in [5.74, 6) is 1.33. The van der Waals surface area contributed by atoms with Crippen LogP contribution >= 0.6 is 11.3 Å². The molecule has 2 aliphatic heterocycles. The number of pyridine rings is 1. The third kappa shape index (κ3) is 2.74. The van der Waals surface area contributed by atoms with Gasteiger partial charge >= 0.3 is 5.63 Å². The summed E-state index contributed by atoms with van der Waals surface area (Å²) in [5, 5.41) is 0.981. The van der Waals surface area contributed by atoms with Gasteiger partial charge in [-0.3, -0.25) is 0 Å². The third-order valence-electron chi connectivity index (χ3n) is 5.22. The molecule has 0 radical (unpaired) electrons. The molecular formula is C19H21N3O4S. The molecule has 0 atom stereocenters. The molecular weight excluding hydrogens is 366 g/mol. The highest BCUT2D eigenvalue weighted by molar-refractivity contribution is 7.25. The second-order valence-electron chi connectivity index (χ2n) is 7.70. The Hall–Kier alpha value is -2.03. The zero-order valence-electron chi connectivity index (χ0n) is 15.6. The van der Waals surface area contributed by atoms with Crippen molar-refractivity contribution in [3.63, 3.8) is 0 Å². The molecule has 2 aliphatic rings. The van der Waals surface area contributed by atoms with Crippen molar-refractivity contribution in [1.82, 2.24) is 9.97 Å². The Kier molecular flexibility index (Phi) is 3.79. The number of rotatable bonds is 1. The first-order chi connectivity index (χ1) is 12.9. The summed E-state index contributed by atoms with van der Waals surface area (Å²) in [5.41, 5.74) is 2.40. The van der Waals surface area contributed by atoms with E-state index in [0.29, 0.717) is 35.9 Å². The topological polar surface area (TPSA) is 77.7 Å². The molecule has 0 aromatic carbocycles. The van der Waals surface area contributed by atoms with Crippen LogP contribution in [-0.4, -0.2) is 41.9 Å². The van der Waals surface area contributed by atoms with E-state index in [1.54, 1.807) is 6.92 Å². The monoisotopic (exact) mass is 387 g/mol. The van der Waals surface area contributed by atoms with Crippen molar-refractivity contribution in [3.8, 4) is 0 Å². The lowest BCUT2D eigenvalue weighted by Gasteiger charge is -2.36. The van der Waals surface area contributed by atoms with Gasteiger partial charge in [-0.05, 0) is 19.4 Å². The van der Waals surface area contributed by atoms with Gasteiger partial charge in [0.25, 0.3) is 0 Å². The molecule has 142 valence electrons. The molecule has 5 rings (SSSR count). The Morgan fingerprint density at radius 2 is 1.93 bits per heavy atom. The normalized spacial score (nSPS) is 19.6. The maximum atomic E-state index is 12.4. The standard InChI is InChI=1S/C19H21N3O4S/c1-10-20-14-13-11-8-19(2,3)25-9-12(11)16(22-4-6-24-7-5-22)21-17(13)27-15(14)18(23)26-10/h4-9H2,1-3H3. The molecule has 0 N–H and O–H groups in total. The highest BCUT2D eigenvalue weighted by Gasteiger charge is 2.33. The minimum atomic E-state index is -0.339. The number of aromatic nitrogens is 2. The van der Waals surface area contributed by atoms with E-state index in [1.165, 1.54) is 16.9 Å². The Morgan fingerprint density at radius 1 is 1.15 bits per heavy atom. The van der Waals surface area contributed by atoms with Gasteiger partial charge < -0.3 is 18.8 Å². The highest BCUT2D eigenvalue weighted by Crippen LogP contribution is 2.42. The molecule has 0 saturated carbocycles. The van der Waals surface area contributed by atoms with E-state index in [2.05, 4.69) is 23.7 Å². The Balaban J connectivity index is 1.85. The number of ether oxygens (including phenoxy) is 2. The molecule has 1 fully saturated rings. The maximum absolute atomic E-state index is 12.4. The summed E-state index contributed by atoms with van der Waals surface area (Å²) in [6.45, 7) is 9.40. The zero-order valence-corrected chi connectivity index (χ0v) is 16.4. The van der Waals surface area contributed by atoms with Crippen LogP contribution in [0.3, 0.4) is 0 Å². The van der Waals surface area contributed by atoms with Gasteiger partial charge in [0.1, 0.15) is 20.9 Å². The lowest BCUT2D eigenvalue weighted by molar-refractivity contribution is -0.0396. The second-order valence-corrected chi connectivity index (χ2v) is 8.70. The van der Waals surface area contributed by atoms with Crippen LogP contribution in [0, 0.1) is 6.92 Å². The molecule has 3 aromatic rings. The number of fused-ring (bicyclic) bond motifs is 5. The molecule has 5 heterocycles. The van der Waals surface area contributed by atoms with E-state index in [-0.39, 0.29) is 11.2 Å². The van der Waals surface area contributed by atoms with Gasteiger partial charge in [0.2, 0.25) is 0 Å². The Bertz CT molecular complexity index is 1110. The summed E-state index contributed by atoms with van der Waals surface area (Å²) >= 11 is 1.37. The number of hydrogen-bond donors (Lipinski definition) is 0. The van der Waals surface area contributed by atoms with Crippen molar-refractivity contribution in [2.75, 3.05) is 31.2 Å².